The van der Waals surface area contributed by atoms with Crippen LogP contribution >= 0.6 is 0 Å². The number of amides is 1. The summed E-state index contributed by atoms with van der Waals surface area (Å²) < 4.78 is 19.7. The molecule has 4 atom stereocenters. The molecule has 184 valence electrons. The molecule has 0 bridgehead atoms. The molecule has 11 nitrogen and oxygen atoms in total. The van der Waals surface area contributed by atoms with E-state index >= 15 is 0 Å². The number of ether oxygens (including phenoxy) is 3. The first kappa shape index (κ1) is 23.1. The number of nitrogens with zero attached hydrogens (tertiary/aromatic N) is 6. The lowest BCUT2D eigenvalue weighted by atomic mass is 10.1. The molecule has 0 spiro atoms. The van der Waals surface area contributed by atoms with Crippen molar-refractivity contribution in [3.63, 3.8) is 0 Å². The molecule has 2 saturated heterocycles. The van der Waals surface area contributed by atoms with Crippen LogP contribution in [0.3, 0.4) is 0 Å². The van der Waals surface area contributed by atoms with Crippen molar-refractivity contribution in [1.82, 2.24) is 25.5 Å². The first-order chi connectivity index (χ1) is 16.9. The SMILES string of the molecule is CN(C)c1ccc(C(=O)N[C@@H]2CO[C@@H]3[C@@H]2OC[C@@H]3n2nnnc2Oc2cccc(N(C)C)c2)cc1. The van der Waals surface area contributed by atoms with Crippen LogP contribution < -0.4 is 19.9 Å². The van der Waals surface area contributed by atoms with Gasteiger partial charge in [-0.3, -0.25) is 4.79 Å². The zero-order valence-electron chi connectivity index (χ0n) is 20.2. The molecule has 3 heterocycles. The summed E-state index contributed by atoms with van der Waals surface area (Å²) >= 11 is 0. The maximum Gasteiger partial charge on any atom is 0.341 e. The number of carbonyl (C=O) groups is 1. The normalized spacial score (nSPS) is 23.1. The topological polar surface area (TPSA) is 107 Å². The highest BCUT2D eigenvalue weighted by atomic mass is 16.6. The van der Waals surface area contributed by atoms with E-state index in [9.17, 15) is 4.79 Å². The number of tetrazole rings is 1. The Balaban J connectivity index is 1.25. The molecule has 2 aliphatic rings. The van der Waals surface area contributed by atoms with E-state index in [-0.39, 0.29) is 36.2 Å². The van der Waals surface area contributed by atoms with Crippen molar-refractivity contribution < 1.29 is 19.0 Å². The van der Waals surface area contributed by atoms with Gasteiger partial charge in [-0.1, -0.05) is 11.2 Å². The number of carbonyl (C=O) groups excluding carboxylic acids is 1. The zero-order valence-corrected chi connectivity index (χ0v) is 20.2. The molecule has 1 aromatic heterocycles. The summed E-state index contributed by atoms with van der Waals surface area (Å²) in [7, 11) is 7.84. The van der Waals surface area contributed by atoms with Crippen LogP contribution in [0, 0.1) is 0 Å². The van der Waals surface area contributed by atoms with E-state index in [1.165, 1.54) is 0 Å². The van der Waals surface area contributed by atoms with Crippen molar-refractivity contribution in [2.24, 2.45) is 0 Å². The Morgan fingerprint density at radius 2 is 1.74 bits per heavy atom. The molecule has 2 aromatic carbocycles. The fourth-order valence-electron chi connectivity index (χ4n) is 4.37. The molecule has 0 saturated carbocycles. The summed E-state index contributed by atoms with van der Waals surface area (Å²) in [6.45, 7) is 0.689. The van der Waals surface area contributed by atoms with Crippen LogP contribution in [0.1, 0.15) is 16.4 Å². The predicted molar refractivity (Wildman–Crippen MR) is 129 cm³/mol. The minimum Gasteiger partial charge on any atom is -0.423 e. The fourth-order valence-corrected chi connectivity index (χ4v) is 4.37. The molecule has 2 fully saturated rings. The third-order valence-corrected chi connectivity index (χ3v) is 6.31. The van der Waals surface area contributed by atoms with Gasteiger partial charge in [0.2, 0.25) is 0 Å². The Morgan fingerprint density at radius 1 is 1.00 bits per heavy atom. The van der Waals surface area contributed by atoms with Crippen molar-refractivity contribution in [3.05, 3.63) is 54.1 Å². The third kappa shape index (κ3) is 4.64. The van der Waals surface area contributed by atoms with Crippen LogP contribution in [-0.4, -0.2) is 85.8 Å². The average molecular weight is 480 g/mol. The molecule has 3 aromatic rings. The van der Waals surface area contributed by atoms with Crippen molar-refractivity contribution in [3.8, 4) is 11.8 Å². The molecule has 0 unspecified atom stereocenters. The number of hydrogen-bond acceptors (Lipinski definition) is 9. The smallest absolute Gasteiger partial charge is 0.341 e. The van der Waals surface area contributed by atoms with E-state index in [4.69, 9.17) is 14.2 Å². The lowest BCUT2D eigenvalue weighted by molar-refractivity contribution is 0.0606. The van der Waals surface area contributed by atoms with Crippen molar-refractivity contribution in [2.45, 2.75) is 24.3 Å². The number of fused-ring (bicyclic) bond motifs is 1. The number of hydrogen-bond donors (Lipinski definition) is 1. The molecular formula is C24H29N7O4. The number of benzene rings is 2. The lowest BCUT2D eigenvalue weighted by Crippen LogP contribution is -2.44. The van der Waals surface area contributed by atoms with Crippen LogP contribution in [0.4, 0.5) is 11.4 Å². The second kappa shape index (κ2) is 9.51. The Morgan fingerprint density at radius 3 is 2.49 bits per heavy atom. The van der Waals surface area contributed by atoms with E-state index in [0.29, 0.717) is 24.5 Å². The Hall–Kier alpha value is -3.70. The zero-order chi connectivity index (χ0) is 24.5. The summed E-state index contributed by atoms with van der Waals surface area (Å²) in [5, 5.41) is 15.0. The van der Waals surface area contributed by atoms with Crippen molar-refractivity contribution in [2.75, 3.05) is 51.2 Å². The molecule has 11 heteroatoms. The van der Waals surface area contributed by atoms with Gasteiger partial charge in [-0.05, 0) is 46.8 Å². The Bertz CT molecular complexity index is 1180. The summed E-state index contributed by atoms with van der Waals surface area (Å²) in [5.74, 6) is 0.462. The predicted octanol–water partition coefficient (Wildman–Crippen LogP) is 1.73. The molecule has 1 N–H and O–H groups in total. The Labute approximate surface area is 203 Å². The van der Waals surface area contributed by atoms with E-state index in [2.05, 4.69) is 20.8 Å². The van der Waals surface area contributed by atoms with Crippen molar-refractivity contribution >= 4 is 17.3 Å². The van der Waals surface area contributed by atoms with Gasteiger partial charge in [-0.2, -0.15) is 4.68 Å². The summed E-state index contributed by atoms with van der Waals surface area (Å²) in [6.07, 6.45) is -0.616. The fraction of sp³-hybridized carbons (Fsp3) is 0.417. The monoisotopic (exact) mass is 479 g/mol. The lowest BCUT2D eigenvalue weighted by Gasteiger charge is -2.18. The number of anilines is 2. The molecule has 2 aliphatic heterocycles. The van der Waals surface area contributed by atoms with Crippen LogP contribution in [0.25, 0.3) is 0 Å². The Kier molecular flexibility index (Phi) is 6.27. The van der Waals surface area contributed by atoms with Gasteiger partial charge in [-0.25, -0.2) is 0 Å². The first-order valence-electron chi connectivity index (χ1n) is 11.5. The van der Waals surface area contributed by atoms with Crippen LogP contribution in [0.5, 0.6) is 11.8 Å². The summed E-state index contributed by atoms with van der Waals surface area (Å²) in [5.41, 5.74) is 2.62. The standard InChI is InChI=1S/C24H29N7O4/c1-29(2)16-10-8-15(9-11-16)23(32)25-19-13-33-22-20(14-34-21(19)22)31-24(26-27-28-31)35-18-7-5-6-17(12-18)30(3)4/h5-12,19-22H,13-14H2,1-4H3,(H,25,32)/t19-,20+,21-,22+/m1/s1. The number of nitrogens with one attached hydrogen (secondary N) is 1. The van der Waals surface area contributed by atoms with Crippen molar-refractivity contribution in [1.29, 1.82) is 0 Å². The minimum absolute atomic E-state index is 0.163. The molecule has 5 rings (SSSR count). The van der Waals surface area contributed by atoms with Gasteiger partial charge in [0, 0.05) is 51.2 Å². The first-order valence-corrected chi connectivity index (χ1v) is 11.5. The van der Waals surface area contributed by atoms with E-state index in [1.54, 1.807) is 4.68 Å². The summed E-state index contributed by atoms with van der Waals surface area (Å²) in [4.78, 5) is 16.8. The second-order valence-electron chi connectivity index (χ2n) is 9.08. The molecule has 35 heavy (non-hydrogen) atoms. The van der Waals surface area contributed by atoms with Gasteiger partial charge >= 0.3 is 6.01 Å². The van der Waals surface area contributed by atoms with Gasteiger partial charge in [0.25, 0.3) is 5.91 Å². The van der Waals surface area contributed by atoms with E-state index in [0.717, 1.165) is 11.4 Å². The number of aromatic nitrogens is 4. The maximum absolute atomic E-state index is 12.8. The minimum atomic E-state index is -0.310. The van der Waals surface area contributed by atoms with E-state index in [1.807, 2.05) is 86.5 Å². The van der Waals surface area contributed by atoms with Crippen LogP contribution in [0.2, 0.25) is 0 Å². The largest absolute Gasteiger partial charge is 0.423 e. The molecule has 0 radical (unpaired) electrons. The van der Waals surface area contributed by atoms with Crippen LogP contribution in [0.15, 0.2) is 48.5 Å². The highest BCUT2D eigenvalue weighted by Gasteiger charge is 2.50. The molecular weight excluding hydrogens is 450 g/mol. The second-order valence-corrected chi connectivity index (χ2v) is 9.08. The van der Waals surface area contributed by atoms with Gasteiger partial charge < -0.3 is 29.3 Å². The average Bonchev–Trinajstić information content (AvgIpc) is 3.57. The van der Waals surface area contributed by atoms with Gasteiger partial charge in [0.05, 0.1) is 19.3 Å². The highest BCUT2D eigenvalue weighted by Crippen LogP contribution is 2.36. The quantitative estimate of drug-likeness (QED) is 0.542. The number of rotatable bonds is 7. The third-order valence-electron chi connectivity index (χ3n) is 6.31. The van der Waals surface area contributed by atoms with Gasteiger partial charge in [0.15, 0.2) is 0 Å². The van der Waals surface area contributed by atoms with Gasteiger partial charge in [0.1, 0.15) is 24.0 Å². The maximum atomic E-state index is 12.8. The van der Waals surface area contributed by atoms with Gasteiger partial charge in [-0.15, -0.1) is 0 Å². The molecule has 1 amide bonds. The van der Waals surface area contributed by atoms with E-state index < -0.39 is 0 Å². The highest BCUT2D eigenvalue weighted by molar-refractivity contribution is 5.94. The summed E-state index contributed by atoms with van der Waals surface area (Å²) in [6, 6.07) is 14.8. The van der Waals surface area contributed by atoms with Crippen LogP contribution in [-0.2, 0) is 9.47 Å². The molecule has 0 aliphatic carbocycles.